The maximum absolute atomic E-state index is 14.3. The number of esters is 1. The van der Waals surface area contributed by atoms with Crippen molar-refractivity contribution in [3.8, 4) is 5.75 Å². The second-order valence-corrected chi connectivity index (χ2v) is 9.11. The van der Waals surface area contributed by atoms with E-state index in [0.29, 0.717) is 5.75 Å². The van der Waals surface area contributed by atoms with Crippen molar-refractivity contribution in [2.75, 3.05) is 6.61 Å². The van der Waals surface area contributed by atoms with Crippen LogP contribution in [0.4, 0.5) is 4.39 Å². The van der Waals surface area contributed by atoms with Gasteiger partial charge in [-0.2, -0.15) is 5.09 Å². The molecule has 9 heteroatoms. The van der Waals surface area contributed by atoms with E-state index in [1.165, 1.54) is 13.8 Å². The van der Waals surface area contributed by atoms with Crippen LogP contribution in [-0.2, 0) is 23.4 Å². The van der Waals surface area contributed by atoms with E-state index < -0.39 is 37.6 Å². The molecule has 0 aliphatic carbocycles. The number of para-hydroxylation sites is 1. The number of hydrogen-bond acceptors (Lipinski definition) is 6. The van der Waals surface area contributed by atoms with E-state index in [9.17, 15) is 13.8 Å². The fourth-order valence-electron chi connectivity index (χ4n) is 2.70. The number of nitrogens with one attached hydrogen (secondary N) is 1. The summed E-state index contributed by atoms with van der Waals surface area (Å²) < 4.78 is 49.3. The first kappa shape index (κ1) is 22.8. The number of alkyl halides is 1. The Balaban J connectivity index is 2.07. The normalized spacial score (nSPS) is 28.0. The van der Waals surface area contributed by atoms with Crippen LogP contribution < -0.4 is 9.61 Å². The summed E-state index contributed by atoms with van der Waals surface area (Å²) in [5.74, 6) is -0.281. The summed E-state index contributed by atoms with van der Waals surface area (Å²) in [7, 11) is -3.96. The first-order chi connectivity index (χ1) is 13.0. The van der Waals surface area contributed by atoms with Gasteiger partial charge < -0.3 is 14.0 Å². The Labute approximate surface area is 165 Å². The van der Waals surface area contributed by atoms with Crippen molar-refractivity contribution >= 4 is 13.7 Å². The largest absolute Gasteiger partial charge is 0.462 e. The predicted molar refractivity (Wildman–Crippen MR) is 103 cm³/mol. The molecule has 7 nitrogen and oxygen atoms in total. The molecule has 2 rings (SSSR count). The van der Waals surface area contributed by atoms with Crippen molar-refractivity contribution in [3.63, 3.8) is 0 Å². The Morgan fingerprint density at radius 3 is 2.54 bits per heavy atom. The number of carbonyl (C=O) groups excluding carboxylic acids is 1. The highest BCUT2D eigenvalue weighted by atomic mass is 31.2. The Kier molecular flexibility index (Phi) is 7.62. The third-order valence-corrected chi connectivity index (χ3v) is 5.97. The van der Waals surface area contributed by atoms with Crippen molar-refractivity contribution < 1.29 is 32.3 Å². The number of benzene rings is 1. The van der Waals surface area contributed by atoms with Gasteiger partial charge in [-0.15, -0.1) is 0 Å². The smallest absolute Gasteiger partial charge is 0.459 e. The quantitative estimate of drug-likeness (QED) is 0.480. The lowest BCUT2D eigenvalue weighted by Gasteiger charge is -2.24. The van der Waals surface area contributed by atoms with Gasteiger partial charge in [0.25, 0.3) is 0 Å². The molecule has 0 aromatic heterocycles. The maximum atomic E-state index is 14.3. The fraction of sp³-hybridized carbons (Fsp3) is 0.632. The molecular formula is C19H29FNO6P. The topological polar surface area (TPSA) is 83.1 Å². The van der Waals surface area contributed by atoms with Crippen molar-refractivity contribution in [1.29, 1.82) is 0 Å². The first-order valence-electron chi connectivity index (χ1n) is 9.32. The summed E-state index contributed by atoms with van der Waals surface area (Å²) in [6, 6.07) is 7.50. The molecule has 0 saturated carbocycles. The second-order valence-electron chi connectivity index (χ2n) is 7.42. The van der Waals surface area contributed by atoms with E-state index >= 15 is 0 Å². The SMILES string of the molecule is CC(C)OC(=O)[C@@H](C)N[P@@](=O)(OC[C@@H]1C[C@@](C)(F)[C@H](C)O1)Oc1ccccc1. The van der Waals surface area contributed by atoms with Crippen LogP contribution in [0.3, 0.4) is 0 Å². The van der Waals surface area contributed by atoms with E-state index in [4.69, 9.17) is 18.5 Å². The van der Waals surface area contributed by atoms with Crippen LogP contribution in [0.1, 0.15) is 41.0 Å². The number of halogens is 1. The molecule has 158 valence electrons. The molecule has 1 saturated heterocycles. The van der Waals surface area contributed by atoms with Gasteiger partial charge in [0.2, 0.25) is 0 Å². The first-order valence-corrected chi connectivity index (χ1v) is 10.9. The molecule has 0 unspecified atom stereocenters. The van der Waals surface area contributed by atoms with Gasteiger partial charge in [0.1, 0.15) is 17.5 Å². The molecule has 0 amide bonds. The number of rotatable bonds is 9. The van der Waals surface area contributed by atoms with Crippen LogP contribution >= 0.6 is 7.75 Å². The van der Waals surface area contributed by atoms with E-state index in [1.54, 1.807) is 51.1 Å². The van der Waals surface area contributed by atoms with Crippen LogP contribution in [0.2, 0.25) is 0 Å². The maximum Gasteiger partial charge on any atom is 0.459 e. The third-order valence-electron chi connectivity index (χ3n) is 4.33. The van der Waals surface area contributed by atoms with Crippen LogP contribution in [-0.4, -0.2) is 42.6 Å². The molecular weight excluding hydrogens is 388 g/mol. The summed E-state index contributed by atoms with van der Waals surface area (Å²) in [4.78, 5) is 12.1. The van der Waals surface area contributed by atoms with E-state index in [2.05, 4.69) is 5.09 Å². The van der Waals surface area contributed by atoms with Crippen molar-refractivity contribution in [1.82, 2.24) is 5.09 Å². The molecule has 0 bridgehead atoms. The van der Waals surface area contributed by atoms with Gasteiger partial charge in [0, 0.05) is 6.42 Å². The summed E-state index contributed by atoms with van der Waals surface area (Å²) in [5.41, 5.74) is -1.49. The highest BCUT2D eigenvalue weighted by Gasteiger charge is 2.44. The standard InChI is InChI=1S/C19H29FNO6P/c1-13(2)25-18(22)14(3)21-28(23,27-16-9-7-6-8-10-16)24-12-17-11-19(5,20)15(4)26-17/h6-10,13-15,17H,11-12H2,1-5H3,(H,21,23)/t14-,15+,17+,19-,28-/m1/s1. The van der Waals surface area contributed by atoms with E-state index in [0.717, 1.165) is 0 Å². The third kappa shape index (κ3) is 6.55. The molecule has 28 heavy (non-hydrogen) atoms. The lowest BCUT2D eigenvalue weighted by atomic mass is 10.00. The molecule has 1 heterocycles. The van der Waals surface area contributed by atoms with E-state index in [-0.39, 0.29) is 19.1 Å². The number of carbonyl (C=O) groups is 1. The van der Waals surface area contributed by atoms with Gasteiger partial charge in [-0.25, -0.2) is 8.96 Å². The number of ether oxygens (including phenoxy) is 2. The minimum atomic E-state index is -3.96. The van der Waals surface area contributed by atoms with Crippen LogP contribution in [0.15, 0.2) is 30.3 Å². The minimum absolute atomic E-state index is 0.116. The highest BCUT2D eigenvalue weighted by Crippen LogP contribution is 2.46. The molecule has 1 aliphatic heterocycles. The second kappa shape index (κ2) is 9.35. The van der Waals surface area contributed by atoms with Gasteiger partial charge in [-0.05, 0) is 46.8 Å². The van der Waals surface area contributed by atoms with Crippen LogP contribution in [0, 0.1) is 0 Å². The zero-order valence-corrected chi connectivity index (χ0v) is 17.8. The molecule has 1 N–H and O–H groups in total. The van der Waals surface area contributed by atoms with Crippen molar-refractivity contribution in [2.45, 2.75) is 71.1 Å². The molecule has 0 radical (unpaired) electrons. The summed E-state index contributed by atoms with van der Waals surface area (Å²) in [5, 5.41) is 2.59. The zero-order valence-electron chi connectivity index (χ0n) is 16.9. The Hall–Kier alpha value is -1.47. The fourth-order valence-corrected chi connectivity index (χ4v) is 4.23. The lowest BCUT2D eigenvalue weighted by molar-refractivity contribution is -0.149. The molecule has 1 aliphatic rings. The zero-order chi connectivity index (χ0) is 20.9. The molecule has 1 aromatic rings. The summed E-state index contributed by atoms with van der Waals surface area (Å²) in [6.45, 7) is 7.89. The van der Waals surface area contributed by atoms with Gasteiger partial charge in [-0.1, -0.05) is 18.2 Å². The summed E-state index contributed by atoms with van der Waals surface area (Å²) >= 11 is 0. The van der Waals surface area contributed by atoms with Gasteiger partial charge >= 0.3 is 13.7 Å². The average molecular weight is 417 g/mol. The summed E-state index contributed by atoms with van der Waals surface area (Å²) in [6.07, 6.45) is -1.37. The average Bonchev–Trinajstić information content (AvgIpc) is 2.86. The van der Waals surface area contributed by atoms with E-state index in [1.807, 2.05) is 0 Å². The van der Waals surface area contributed by atoms with Gasteiger partial charge in [-0.3, -0.25) is 9.32 Å². The molecule has 1 fully saturated rings. The molecule has 5 atom stereocenters. The minimum Gasteiger partial charge on any atom is -0.462 e. The molecule has 1 aromatic carbocycles. The Morgan fingerprint density at radius 1 is 1.36 bits per heavy atom. The van der Waals surface area contributed by atoms with Gasteiger partial charge in [0.05, 0.1) is 24.9 Å². The highest BCUT2D eigenvalue weighted by molar-refractivity contribution is 7.52. The van der Waals surface area contributed by atoms with Crippen LogP contribution in [0.5, 0.6) is 5.75 Å². The van der Waals surface area contributed by atoms with Crippen molar-refractivity contribution in [2.24, 2.45) is 0 Å². The molecule has 0 spiro atoms. The lowest BCUT2D eigenvalue weighted by Crippen LogP contribution is -2.36. The van der Waals surface area contributed by atoms with Gasteiger partial charge in [0.15, 0.2) is 0 Å². The Bertz CT molecular complexity index is 699. The van der Waals surface area contributed by atoms with Crippen LogP contribution in [0.25, 0.3) is 0 Å². The Morgan fingerprint density at radius 2 is 2.00 bits per heavy atom. The van der Waals surface area contributed by atoms with Crippen molar-refractivity contribution in [3.05, 3.63) is 30.3 Å². The predicted octanol–water partition coefficient (Wildman–Crippen LogP) is 4.03. The number of hydrogen-bond donors (Lipinski definition) is 1. The monoisotopic (exact) mass is 417 g/mol.